The average Bonchev–Trinajstić information content (AvgIpc) is 3.53. The SMILES string of the molecule is COc1cc(N2C(=S)N[C@@H](c3ccccn3)[C@H]2c2cccn2-c2cccc(Br)c2)ccc1NC(=O)C(C)(C)C. The summed E-state index contributed by atoms with van der Waals surface area (Å²) in [6, 6.07) is 23.5. The van der Waals surface area contributed by atoms with E-state index in [0.29, 0.717) is 16.5 Å². The monoisotopic (exact) mass is 603 g/mol. The molecule has 200 valence electrons. The number of amides is 1. The molecule has 9 heteroatoms. The molecule has 1 saturated heterocycles. The van der Waals surface area contributed by atoms with Gasteiger partial charge in [0.25, 0.3) is 0 Å². The first-order valence-electron chi connectivity index (χ1n) is 12.6. The molecule has 3 heterocycles. The van der Waals surface area contributed by atoms with E-state index in [1.54, 1.807) is 13.3 Å². The largest absolute Gasteiger partial charge is 0.494 e. The fraction of sp³-hybridized carbons (Fsp3) is 0.233. The van der Waals surface area contributed by atoms with Crippen LogP contribution in [0.25, 0.3) is 5.69 Å². The van der Waals surface area contributed by atoms with E-state index in [-0.39, 0.29) is 18.0 Å². The van der Waals surface area contributed by atoms with Crippen LogP contribution in [0, 0.1) is 5.41 Å². The number of rotatable bonds is 6. The Morgan fingerprint density at radius 1 is 1.05 bits per heavy atom. The van der Waals surface area contributed by atoms with Crippen molar-refractivity contribution >= 4 is 50.5 Å². The summed E-state index contributed by atoms with van der Waals surface area (Å²) in [5, 5.41) is 7.08. The van der Waals surface area contributed by atoms with Gasteiger partial charge >= 0.3 is 0 Å². The Bertz CT molecular complexity index is 1520. The zero-order chi connectivity index (χ0) is 27.7. The Morgan fingerprint density at radius 2 is 1.87 bits per heavy atom. The Balaban J connectivity index is 1.61. The molecule has 2 atom stereocenters. The number of hydrogen-bond acceptors (Lipinski definition) is 4. The van der Waals surface area contributed by atoms with Gasteiger partial charge in [-0.2, -0.15) is 0 Å². The van der Waals surface area contributed by atoms with Crippen LogP contribution in [-0.4, -0.2) is 27.7 Å². The van der Waals surface area contributed by atoms with Gasteiger partial charge in [0.05, 0.1) is 24.5 Å². The predicted octanol–water partition coefficient (Wildman–Crippen LogP) is 6.81. The molecular formula is C30H30BrN5O2S. The highest BCUT2D eigenvalue weighted by Crippen LogP contribution is 2.44. The lowest BCUT2D eigenvalue weighted by Crippen LogP contribution is -2.30. The second kappa shape index (κ2) is 10.8. The summed E-state index contributed by atoms with van der Waals surface area (Å²) < 4.78 is 8.88. The summed E-state index contributed by atoms with van der Waals surface area (Å²) in [7, 11) is 1.60. The van der Waals surface area contributed by atoms with Crippen molar-refractivity contribution in [3.05, 3.63) is 101 Å². The molecule has 1 fully saturated rings. The van der Waals surface area contributed by atoms with Gasteiger partial charge < -0.3 is 24.8 Å². The first kappa shape index (κ1) is 26.9. The highest BCUT2D eigenvalue weighted by Gasteiger charge is 2.42. The van der Waals surface area contributed by atoms with Gasteiger partial charge in [0.15, 0.2) is 5.11 Å². The van der Waals surface area contributed by atoms with Crippen LogP contribution in [-0.2, 0) is 4.79 Å². The third kappa shape index (κ3) is 5.42. The summed E-state index contributed by atoms with van der Waals surface area (Å²) in [5.41, 5.74) is 3.86. The highest BCUT2D eigenvalue weighted by molar-refractivity contribution is 9.10. The summed E-state index contributed by atoms with van der Waals surface area (Å²) in [4.78, 5) is 19.4. The van der Waals surface area contributed by atoms with Crippen LogP contribution in [0.2, 0.25) is 0 Å². The molecular weight excluding hydrogens is 574 g/mol. The van der Waals surface area contributed by atoms with E-state index in [2.05, 4.69) is 65.4 Å². The van der Waals surface area contributed by atoms with Gasteiger partial charge in [0.1, 0.15) is 11.8 Å². The molecule has 2 N–H and O–H groups in total. The van der Waals surface area contributed by atoms with Gasteiger partial charge in [0, 0.05) is 45.4 Å². The number of anilines is 2. The number of carbonyl (C=O) groups excluding carboxylic acids is 1. The molecule has 2 aromatic heterocycles. The van der Waals surface area contributed by atoms with Crippen LogP contribution in [0.1, 0.15) is 44.2 Å². The Hall–Kier alpha value is -3.69. The number of hydrogen-bond donors (Lipinski definition) is 2. The minimum Gasteiger partial charge on any atom is -0.494 e. The first-order valence-corrected chi connectivity index (χ1v) is 13.8. The van der Waals surface area contributed by atoms with E-state index in [1.165, 1.54) is 0 Å². The molecule has 7 nitrogen and oxygen atoms in total. The molecule has 0 unspecified atom stereocenters. The quantitative estimate of drug-likeness (QED) is 0.236. The highest BCUT2D eigenvalue weighted by atomic mass is 79.9. The number of pyridine rings is 1. The Morgan fingerprint density at radius 3 is 2.56 bits per heavy atom. The fourth-order valence-electron chi connectivity index (χ4n) is 4.67. The summed E-state index contributed by atoms with van der Waals surface area (Å²) in [6.07, 6.45) is 3.85. The van der Waals surface area contributed by atoms with E-state index >= 15 is 0 Å². The maximum absolute atomic E-state index is 12.7. The van der Waals surface area contributed by atoms with Crippen LogP contribution < -0.4 is 20.3 Å². The third-order valence-electron chi connectivity index (χ3n) is 6.66. The lowest BCUT2D eigenvalue weighted by molar-refractivity contribution is -0.123. The lowest BCUT2D eigenvalue weighted by Gasteiger charge is -2.29. The zero-order valence-electron chi connectivity index (χ0n) is 22.2. The topological polar surface area (TPSA) is 71.4 Å². The molecule has 1 aliphatic rings. The van der Waals surface area contributed by atoms with Gasteiger partial charge in [-0.1, -0.05) is 48.8 Å². The molecule has 0 saturated carbocycles. The van der Waals surface area contributed by atoms with Crippen LogP contribution in [0.3, 0.4) is 0 Å². The maximum Gasteiger partial charge on any atom is 0.229 e. The number of ether oxygens (including phenoxy) is 1. The van der Waals surface area contributed by atoms with Crippen LogP contribution in [0.4, 0.5) is 11.4 Å². The second-order valence-electron chi connectivity index (χ2n) is 10.4. The van der Waals surface area contributed by atoms with E-state index in [4.69, 9.17) is 17.0 Å². The molecule has 4 aromatic rings. The normalized spacial score (nSPS) is 17.2. The van der Waals surface area contributed by atoms with Gasteiger partial charge in [-0.3, -0.25) is 9.78 Å². The summed E-state index contributed by atoms with van der Waals surface area (Å²) in [6.45, 7) is 5.63. The van der Waals surface area contributed by atoms with Gasteiger partial charge in [-0.05, 0) is 66.8 Å². The standard InChI is InChI=1S/C30H30BrN5O2S/c1-30(2,3)28(37)33-22-14-13-21(18-25(22)38-4)36-27(26(34-29(36)39)23-11-5-6-15-32-23)24-12-8-16-35(24)20-10-7-9-19(31)17-20/h5-18,26-27H,1-4H3,(H,33,37)(H,34,39)/t26-,27+/m0/s1. The number of carbonyl (C=O) groups is 1. The van der Waals surface area contributed by atoms with E-state index < -0.39 is 5.41 Å². The van der Waals surface area contributed by atoms with Crippen molar-refractivity contribution in [2.75, 3.05) is 17.3 Å². The minimum atomic E-state index is -0.539. The molecule has 1 amide bonds. The van der Waals surface area contributed by atoms with Gasteiger partial charge in [-0.15, -0.1) is 0 Å². The van der Waals surface area contributed by atoms with Crippen molar-refractivity contribution < 1.29 is 9.53 Å². The maximum atomic E-state index is 12.7. The molecule has 0 aliphatic carbocycles. The minimum absolute atomic E-state index is 0.0909. The van der Waals surface area contributed by atoms with Crippen LogP contribution in [0.5, 0.6) is 5.75 Å². The Kier molecular flexibility index (Phi) is 7.46. The van der Waals surface area contributed by atoms with Crippen molar-refractivity contribution in [1.82, 2.24) is 14.9 Å². The second-order valence-corrected chi connectivity index (χ2v) is 11.7. The van der Waals surface area contributed by atoms with Crippen LogP contribution in [0.15, 0.2) is 89.7 Å². The van der Waals surface area contributed by atoms with Crippen molar-refractivity contribution in [3.63, 3.8) is 0 Å². The van der Waals surface area contributed by atoms with Crippen molar-refractivity contribution in [3.8, 4) is 11.4 Å². The van der Waals surface area contributed by atoms with E-state index in [1.807, 2.05) is 75.4 Å². The first-order chi connectivity index (χ1) is 18.7. The van der Waals surface area contributed by atoms with Crippen LogP contribution >= 0.6 is 28.1 Å². The molecule has 5 rings (SSSR count). The number of halogens is 1. The molecule has 0 bridgehead atoms. The van der Waals surface area contributed by atoms with Gasteiger partial charge in [-0.25, -0.2) is 0 Å². The number of nitrogens with zero attached hydrogens (tertiary/aromatic N) is 3. The zero-order valence-corrected chi connectivity index (χ0v) is 24.6. The van der Waals surface area contributed by atoms with Gasteiger partial charge in [0.2, 0.25) is 5.91 Å². The number of thiocarbonyl (C=S) groups is 1. The predicted molar refractivity (Wildman–Crippen MR) is 162 cm³/mol. The number of methoxy groups -OCH3 is 1. The molecule has 2 aromatic carbocycles. The molecule has 39 heavy (non-hydrogen) atoms. The number of aromatic nitrogens is 2. The Labute approximate surface area is 242 Å². The molecule has 0 spiro atoms. The van der Waals surface area contributed by atoms with Crippen molar-refractivity contribution in [2.45, 2.75) is 32.9 Å². The smallest absolute Gasteiger partial charge is 0.229 e. The average molecular weight is 605 g/mol. The molecule has 0 radical (unpaired) electrons. The van der Waals surface area contributed by atoms with Crippen molar-refractivity contribution in [1.29, 1.82) is 0 Å². The summed E-state index contributed by atoms with van der Waals surface area (Å²) >= 11 is 9.53. The van der Waals surface area contributed by atoms with E-state index in [0.717, 1.165) is 27.2 Å². The molecule has 1 aliphatic heterocycles. The lowest BCUT2D eigenvalue weighted by atomic mass is 9.95. The number of benzene rings is 2. The van der Waals surface area contributed by atoms with Crippen molar-refractivity contribution in [2.24, 2.45) is 5.41 Å². The fourth-order valence-corrected chi connectivity index (χ4v) is 5.41. The summed E-state index contributed by atoms with van der Waals surface area (Å²) in [5.74, 6) is 0.460. The number of nitrogens with one attached hydrogen (secondary N) is 2. The third-order valence-corrected chi connectivity index (χ3v) is 7.47. The van der Waals surface area contributed by atoms with E-state index in [9.17, 15) is 4.79 Å².